The van der Waals surface area contributed by atoms with Crippen LogP contribution < -0.4 is 5.73 Å². The van der Waals surface area contributed by atoms with Crippen LogP contribution in [0, 0.1) is 6.92 Å². The quantitative estimate of drug-likeness (QED) is 0.835. The number of nitrogens with two attached hydrogens (primary N) is 1. The molecular weight excluding hydrogens is 198 g/mol. The first-order chi connectivity index (χ1) is 7.48. The molecule has 2 N–H and O–H groups in total. The van der Waals surface area contributed by atoms with Crippen molar-refractivity contribution in [1.82, 2.24) is 9.55 Å². The molecule has 84 valence electrons. The summed E-state index contributed by atoms with van der Waals surface area (Å²) in [6.45, 7) is 6.04. The van der Waals surface area contributed by atoms with Gasteiger partial charge >= 0.3 is 0 Å². The molecule has 3 heteroatoms. The van der Waals surface area contributed by atoms with Crippen LogP contribution in [-0.2, 0) is 5.54 Å². The van der Waals surface area contributed by atoms with Crippen molar-refractivity contribution in [2.45, 2.75) is 26.3 Å². The standard InChI is InChI=1S/C13H17N3/c1-10-5-4-6-11(7-10)16-9-15-8-12(16)13(2,3)14/h4-9H,14H2,1-3H3. The molecule has 2 aromatic rings. The van der Waals surface area contributed by atoms with E-state index in [2.05, 4.69) is 30.1 Å². The third-order valence-electron chi connectivity index (χ3n) is 2.58. The number of hydrogen-bond donors (Lipinski definition) is 1. The second-order valence-electron chi connectivity index (χ2n) is 4.71. The van der Waals surface area contributed by atoms with Crippen molar-refractivity contribution in [2.24, 2.45) is 5.73 Å². The number of hydrogen-bond acceptors (Lipinski definition) is 2. The van der Waals surface area contributed by atoms with Crippen LogP contribution in [0.15, 0.2) is 36.8 Å². The minimum absolute atomic E-state index is 0.389. The Bertz CT molecular complexity index is 492. The molecule has 0 atom stereocenters. The van der Waals surface area contributed by atoms with Gasteiger partial charge in [0.05, 0.1) is 23.8 Å². The zero-order valence-electron chi connectivity index (χ0n) is 9.94. The molecule has 0 fully saturated rings. The van der Waals surface area contributed by atoms with Crippen molar-refractivity contribution in [2.75, 3.05) is 0 Å². The summed E-state index contributed by atoms with van der Waals surface area (Å²) in [7, 11) is 0. The highest BCUT2D eigenvalue weighted by molar-refractivity contribution is 5.38. The van der Waals surface area contributed by atoms with E-state index in [0.717, 1.165) is 11.4 Å². The monoisotopic (exact) mass is 215 g/mol. The molecule has 1 heterocycles. The largest absolute Gasteiger partial charge is 0.321 e. The van der Waals surface area contributed by atoms with Gasteiger partial charge in [-0.1, -0.05) is 12.1 Å². The fraction of sp³-hybridized carbons (Fsp3) is 0.308. The van der Waals surface area contributed by atoms with E-state index in [9.17, 15) is 0 Å². The summed E-state index contributed by atoms with van der Waals surface area (Å²) in [6, 6.07) is 8.30. The van der Waals surface area contributed by atoms with Gasteiger partial charge in [-0.05, 0) is 38.5 Å². The molecule has 0 spiro atoms. The first kappa shape index (κ1) is 10.9. The Morgan fingerprint density at radius 1 is 1.31 bits per heavy atom. The number of aryl methyl sites for hydroxylation is 1. The van der Waals surface area contributed by atoms with Gasteiger partial charge in [-0.2, -0.15) is 0 Å². The van der Waals surface area contributed by atoms with Crippen molar-refractivity contribution < 1.29 is 0 Å². The molecule has 0 amide bonds. The van der Waals surface area contributed by atoms with E-state index in [4.69, 9.17) is 5.73 Å². The maximum atomic E-state index is 6.12. The van der Waals surface area contributed by atoms with E-state index < -0.39 is 0 Å². The zero-order chi connectivity index (χ0) is 11.8. The molecule has 0 aliphatic heterocycles. The Balaban J connectivity index is 2.53. The molecule has 0 bridgehead atoms. The number of nitrogens with zero attached hydrogens (tertiary/aromatic N) is 2. The predicted molar refractivity (Wildman–Crippen MR) is 65.5 cm³/mol. The van der Waals surface area contributed by atoms with Crippen LogP contribution >= 0.6 is 0 Å². The van der Waals surface area contributed by atoms with Crippen LogP contribution in [0.3, 0.4) is 0 Å². The molecule has 0 aliphatic rings. The van der Waals surface area contributed by atoms with Crippen molar-refractivity contribution in [3.8, 4) is 5.69 Å². The van der Waals surface area contributed by atoms with Gasteiger partial charge in [0.15, 0.2) is 0 Å². The lowest BCUT2D eigenvalue weighted by Gasteiger charge is -2.20. The molecule has 0 radical (unpaired) electrons. The van der Waals surface area contributed by atoms with E-state index in [0.29, 0.717) is 0 Å². The summed E-state index contributed by atoms with van der Waals surface area (Å²) < 4.78 is 2.03. The number of rotatable bonds is 2. The molecule has 1 aromatic heterocycles. The molecular formula is C13H17N3. The third-order valence-corrected chi connectivity index (χ3v) is 2.58. The number of imidazole rings is 1. The molecule has 16 heavy (non-hydrogen) atoms. The highest BCUT2D eigenvalue weighted by Crippen LogP contribution is 2.20. The number of aromatic nitrogens is 2. The second kappa shape index (κ2) is 3.76. The molecule has 1 aromatic carbocycles. The van der Waals surface area contributed by atoms with Crippen LogP contribution in [0.4, 0.5) is 0 Å². The summed E-state index contributed by atoms with van der Waals surface area (Å²) in [6.07, 6.45) is 3.63. The summed E-state index contributed by atoms with van der Waals surface area (Å²) in [5.41, 5.74) is 9.07. The maximum Gasteiger partial charge on any atom is 0.0994 e. The Kier molecular flexibility index (Phi) is 2.56. The van der Waals surface area contributed by atoms with Gasteiger partial charge in [-0.3, -0.25) is 0 Å². The SMILES string of the molecule is Cc1cccc(-n2cncc2C(C)(C)N)c1. The highest BCUT2D eigenvalue weighted by Gasteiger charge is 2.19. The Morgan fingerprint density at radius 3 is 2.69 bits per heavy atom. The first-order valence-electron chi connectivity index (χ1n) is 5.37. The maximum absolute atomic E-state index is 6.12. The van der Waals surface area contributed by atoms with Gasteiger partial charge in [0, 0.05) is 5.69 Å². The molecule has 3 nitrogen and oxygen atoms in total. The fourth-order valence-corrected chi connectivity index (χ4v) is 1.76. The smallest absolute Gasteiger partial charge is 0.0994 e. The lowest BCUT2D eigenvalue weighted by molar-refractivity contribution is 0.524. The van der Waals surface area contributed by atoms with Crippen molar-refractivity contribution in [1.29, 1.82) is 0 Å². The Hall–Kier alpha value is -1.61. The molecule has 0 saturated heterocycles. The van der Waals surface area contributed by atoms with Crippen LogP contribution in [0.5, 0.6) is 0 Å². The summed E-state index contributed by atoms with van der Waals surface area (Å²) in [4.78, 5) is 4.18. The van der Waals surface area contributed by atoms with Crippen molar-refractivity contribution >= 4 is 0 Å². The van der Waals surface area contributed by atoms with E-state index in [-0.39, 0.29) is 5.54 Å². The minimum atomic E-state index is -0.389. The fourth-order valence-electron chi connectivity index (χ4n) is 1.76. The predicted octanol–water partition coefficient (Wildman–Crippen LogP) is 2.37. The van der Waals surface area contributed by atoms with Gasteiger partial charge in [-0.25, -0.2) is 4.98 Å². The van der Waals surface area contributed by atoms with Gasteiger partial charge in [-0.15, -0.1) is 0 Å². The summed E-state index contributed by atoms with van der Waals surface area (Å²) in [5.74, 6) is 0. The average Bonchev–Trinajstić information content (AvgIpc) is 2.65. The minimum Gasteiger partial charge on any atom is -0.321 e. The first-order valence-corrected chi connectivity index (χ1v) is 5.37. The Morgan fingerprint density at radius 2 is 2.06 bits per heavy atom. The molecule has 0 unspecified atom stereocenters. The highest BCUT2D eigenvalue weighted by atomic mass is 15.1. The lowest BCUT2D eigenvalue weighted by Crippen LogP contribution is -2.31. The molecule has 2 rings (SSSR count). The van der Waals surface area contributed by atoms with Gasteiger partial charge < -0.3 is 10.3 Å². The Labute approximate surface area is 95.9 Å². The van der Waals surface area contributed by atoms with Gasteiger partial charge in [0.2, 0.25) is 0 Å². The van der Waals surface area contributed by atoms with Crippen molar-refractivity contribution in [3.63, 3.8) is 0 Å². The van der Waals surface area contributed by atoms with E-state index in [1.54, 1.807) is 6.33 Å². The molecule has 0 aliphatic carbocycles. The third kappa shape index (κ3) is 1.99. The van der Waals surface area contributed by atoms with Crippen LogP contribution in [-0.4, -0.2) is 9.55 Å². The lowest BCUT2D eigenvalue weighted by atomic mass is 10.0. The van der Waals surface area contributed by atoms with E-state index in [1.165, 1.54) is 5.56 Å². The van der Waals surface area contributed by atoms with Gasteiger partial charge in [0.25, 0.3) is 0 Å². The summed E-state index contributed by atoms with van der Waals surface area (Å²) in [5, 5.41) is 0. The van der Waals surface area contributed by atoms with E-state index >= 15 is 0 Å². The van der Waals surface area contributed by atoms with E-state index in [1.807, 2.05) is 30.7 Å². The topological polar surface area (TPSA) is 43.8 Å². The normalized spacial score (nSPS) is 11.8. The number of benzene rings is 1. The average molecular weight is 215 g/mol. The van der Waals surface area contributed by atoms with Crippen molar-refractivity contribution in [3.05, 3.63) is 48.0 Å². The second-order valence-corrected chi connectivity index (χ2v) is 4.71. The van der Waals surface area contributed by atoms with Crippen LogP contribution in [0.1, 0.15) is 25.1 Å². The van der Waals surface area contributed by atoms with Gasteiger partial charge in [0.1, 0.15) is 0 Å². The molecule has 0 saturated carbocycles. The van der Waals surface area contributed by atoms with Crippen LogP contribution in [0.25, 0.3) is 5.69 Å². The summed E-state index contributed by atoms with van der Waals surface area (Å²) >= 11 is 0. The zero-order valence-corrected chi connectivity index (χ0v) is 9.94. The van der Waals surface area contributed by atoms with Crippen LogP contribution in [0.2, 0.25) is 0 Å².